The van der Waals surface area contributed by atoms with Gasteiger partial charge in [-0.2, -0.15) is 13.2 Å². The van der Waals surface area contributed by atoms with Gasteiger partial charge in [-0.25, -0.2) is 9.97 Å². The average molecular weight is 422 g/mol. The first-order valence-corrected chi connectivity index (χ1v) is 9.34. The number of hydrogen-bond acceptors (Lipinski definition) is 5. The van der Waals surface area contributed by atoms with Crippen LogP contribution in [0.2, 0.25) is 0 Å². The number of alkyl halides is 3. The first-order chi connectivity index (χ1) is 14.1. The van der Waals surface area contributed by atoms with E-state index in [2.05, 4.69) is 25.3 Å². The van der Waals surface area contributed by atoms with E-state index in [-0.39, 0.29) is 30.2 Å². The highest BCUT2D eigenvalue weighted by Crippen LogP contribution is 2.30. The van der Waals surface area contributed by atoms with E-state index in [0.717, 1.165) is 12.8 Å². The van der Waals surface area contributed by atoms with Crippen LogP contribution >= 0.6 is 0 Å². The molecule has 2 amide bonds. The van der Waals surface area contributed by atoms with Crippen molar-refractivity contribution in [3.05, 3.63) is 46.8 Å². The van der Waals surface area contributed by atoms with Gasteiger partial charge in [-0.3, -0.25) is 9.59 Å². The van der Waals surface area contributed by atoms with Gasteiger partial charge in [0.1, 0.15) is 5.82 Å². The second kappa shape index (κ2) is 8.68. The van der Waals surface area contributed by atoms with Crippen molar-refractivity contribution < 1.29 is 27.5 Å². The van der Waals surface area contributed by atoms with E-state index < -0.39 is 12.8 Å². The summed E-state index contributed by atoms with van der Waals surface area (Å²) in [7, 11) is 0. The monoisotopic (exact) mass is 422 g/mol. The summed E-state index contributed by atoms with van der Waals surface area (Å²) in [6, 6.07) is 5.97. The van der Waals surface area contributed by atoms with Crippen molar-refractivity contribution in [1.29, 1.82) is 0 Å². The molecule has 0 bridgehead atoms. The number of rotatable bonds is 7. The SMILES string of the molecule is Cc1cc(C(=O)NCc2ccc(OCC(F)(F)F)nc2C)cc(NC(=O)C2CC2)n1. The predicted molar refractivity (Wildman–Crippen MR) is 102 cm³/mol. The lowest BCUT2D eigenvalue weighted by atomic mass is 10.1. The van der Waals surface area contributed by atoms with Gasteiger partial charge in [0, 0.05) is 35.5 Å². The fourth-order valence-electron chi connectivity index (χ4n) is 2.70. The molecule has 1 aliphatic carbocycles. The number of anilines is 1. The first kappa shape index (κ1) is 21.5. The van der Waals surface area contributed by atoms with Crippen LogP contribution in [-0.4, -0.2) is 34.6 Å². The Morgan fingerprint density at radius 2 is 1.90 bits per heavy atom. The number of carbonyl (C=O) groups excluding carboxylic acids is 2. The van der Waals surface area contributed by atoms with Crippen molar-refractivity contribution in [2.75, 3.05) is 11.9 Å². The summed E-state index contributed by atoms with van der Waals surface area (Å²) in [5.41, 5.74) is 2.00. The zero-order chi connectivity index (χ0) is 21.9. The standard InChI is InChI=1S/C20H21F3N4O3/c1-11-7-15(8-16(25-11)27-19(29)13-3-4-13)18(28)24-9-14-5-6-17(26-12(14)2)30-10-20(21,22)23/h5-8,13H,3-4,9-10H2,1-2H3,(H,24,28)(H,25,27,29). The number of ether oxygens (including phenoxy) is 1. The molecule has 0 saturated heterocycles. The van der Waals surface area contributed by atoms with Crippen LogP contribution in [0.1, 0.15) is 40.2 Å². The molecule has 2 aromatic heterocycles. The number of aromatic nitrogens is 2. The molecule has 2 aromatic rings. The van der Waals surface area contributed by atoms with Gasteiger partial charge in [0.05, 0.1) is 0 Å². The third kappa shape index (κ3) is 6.16. The van der Waals surface area contributed by atoms with Gasteiger partial charge in [-0.1, -0.05) is 6.07 Å². The summed E-state index contributed by atoms with van der Waals surface area (Å²) < 4.78 is 41.3. The quantitative estimate of drug-likeness (QED) is 0.714. The largest absolute Gasteiger partial charge is 0.468 e. The number of pyridine rings is 2. The molecule has 160 valence electrons. The number of amides is 2. The van der Waals surface area contributed by atoms with E-state index in [4.69, 9.17) is 0 Å². The van der Waals surface area contributed by atoms with E-state index in [1.54, 1.807) is 26.0 Å². The molecule has 0 aromatic carbocycles. The van der Waals surface area contributed by atoms with Gasteiger partial charge < -0.3 is 15.4 Å². The van der Waals surface area contributed by atoms with Gasteiger partial charge >= 0.3 is 6.18 Å². The predicted octanol–water partition coefficient (Wildman–Crippen LogP) is 3.31. The summed E-state index contributed by atoms with van der Waals surface area (Å²) in [4.78, 5) is 32.6. The summed E-state index contributed by atoms with van der Waals surface area (Å²) in [6.45, 7) is 2.04. The Labute approximate surface area is 171 Å². The molecule has 1 saturated carbocycles. The van der Waals surface area contributed by atoms with Crippen LogP contribution in [0.5, 0.6) is 5.88 Å². The van der Waals surface area contributed by atoms with E-state index in [1.807, 2.05) is 0 Å². The minimum absolute atomic E-state index is 0.0168. The Morgan fingerprint density at radius 3 is 2.53 bits per heavy atom. The van der Waals surface area contributed by atoms with Gasteiger partial charge in [0.25, 0.3) is 5.91 Å². The molecule has 0 radical (unpaired) electrons. The molecular weight excluding hydrogens is 401 g/mol. The number of nitrogens with zero attached hydrogens (tertiary/aromatic N) is 2. The van der Waals surface area contributed by atoms with E-state index in [1.165, 1.54) is 12.1 Å². The van der Waals surface area contributed by atoms with Crippen LogP contribution in [0.25, 0.3) is 0 Å². The Morgan fingerprint density at radius 1 is 1.17 bits per heavy atom. The topological polar surface area (TPSA) is 93.2 Å². The fourth-order valence-corrected chi connectivity index (χ4v) is 2.70. The minimum Gasteiger partial charge on any atom is -0.468 e. The molecule has 1 fully saturated rings. The highest BCUT2D eigenvalue weighted by atomic mass is 19.4. The second-order valence-electron chi connectivity index (χ2n) is 7.13. The molecule has 2 N–H and O–H groups in total. The van der Waals surface area contributed by atoms with Crippen molar-refractivity contribution in [3.8, 4) is 5.88 Å². The van der Waals surface area contributed by atoms with E-state index in [9.17, 15) is 22.8 Å². The first-order valence-electron chi connectivity index (χ1n) is 9.34. The lowest BCUT2D eigenvalue weighted by molar-refractivity contribution is -0.154. The summed E-state index contributed by atoms with van der Waals surface area (Å²) >= 11 is 0. The number of nitrogens with one attached hydrogen (secondary N) is 2. The highest BCUT2D eigenvalue weighted by Gasteiger charge is 2.30. The highest BCUT2D eigenvalue weighted by molar-refractivity contribution is 5.97. The van der Waals surface area contributed by atoms with Gasteiger partial charge in [-0.05, 0) is 44.4 Å². The van der Waals surface area contributed by atoms with Crippen LogP contribution in [0.4, 0.5) is 19.0 Å². The second-order valence-corrected chi connectivity index (χ2v) is 7.13. The molecule has 2 heterocycles. The number of halogens is 3. The summed E-state index contributed by atoms with van der Waals surface area (Å²) in [5.74, 6) is -0.280. The summed E-state index contributed by atoms with van der Waals surface area (Å²) in [5, 5.41) is 5.45. The number of hydrogen-bond donors (Lipinski definition) is 2. The van der Waals surface area contributed by atoms with Gasteiger partial charge in [0.15, 0.2) is 6.61 Å². The third-order valence-electron chi connectivity index (χ3n) is 4.41. The molecule has 3 rings (SSSR count). The fraction of sp³-hybridized carbons (Fsp3) is 0.400. The smallest absolute Gasteiger partial charge is 0.422 e. The molecule has 0 spiro atoms. The van der Waals surface area contributed by atoms with Crippen LogP contribution in [-0.2, 0) is 11.3 Å². The lowest BCUT2D eigenvalue weighted by Gasteiger charge is -2.12. The summed E-state index contributed by atoms with van der Waals surface area (Å²) in [6.07, 6.45) is -2.72. The average Bonchev–Trinajstić information content (AvgIpc) is 3.49. The Hall–Kier alpha value is -3.17. The molecule has 7 nitrogen and oxygen atoms in total. The van der Waals surface area contributed by atoms with Crippen molar-refractivity contribution in [1.82, 2.24) is 15.3 Å². The Bertz CT molecular complexity index is 959. The maximum absolute atomic E-state index is 12.5. The molecule has 0 unspecified atom stereocenters. The maximum Gasteiger partial charge on any atom is 0.422 e. The van der Waals surface area contributed by atoms with Crippen LogP contribution in [0.15, 0.2) is 24.3 Å². The zero-order valence-electron chi connectivity index (χ0n) is 16.5. The van der Waals surface area contributed by atoms with Crippen molar-refractivity contribution in [2.24, 2.45) is 5.92 Å². The molecule has 10 heteroatoms. The molecule has 30 heavy (non-hydrogen) atoms. The molecular formula is C20H21F3N4O3. The van der Waals surface area contributed by atoms with E-state index in [0.29, 0.717) is 28.3 Å². The minimum atomic E-state index is -4.44. The molecule has 0 aliphatic heterocycles. The van der Waals surface area contributed by atoms with Crippen molar-refractivity contribution in [2.45, 2.75) is 39.4 Å². The van der Waals surface area contributed by atoms with Gasteiger partial charge in [-0.15, -0.1) is 0 Å². The van der Waals surface area contributed by atoms with Crippen LogP contribution in [0, 0.1) is 19.8 Å². The normalized spacial score (nSPS) is 13.6. The number of aryl methyl sites for hydroxylation is 2. The lowest BCUT2D eigenvalue weighted by Crippen LogP contribution is -2.24. The molecule has 1 aliphatic rings. The van der Waals surface area contributed by atoms with Gasteiger partial charge in [0.2, 0.25) is 11.8 Å². The Kier molecular flexibility index (Phi) is 6.23. The third-order valence-corrected chi connectivity index (χ3v) is 4.41. The van der Waals surface area contributed by atoms with Crippen LogP contribution < -0.4 is 15.4 Å². The Balaban J connectivity index is 1.61. The zero-order valence-corrected chi connectivity index (χ0v) is 16.5. The van der Waals surface area contributed by atoms with Crippen molar-refractivity contribution in [3.63, 3.8) is 0 Å². The van der Waals surface area contributed by atoms with Crippen LogP contribution in [0.3, 0.4) is 0 Å². The van der Waals surface area contributed by atoms with Crippen molar-refractivity contribution >= 4 is 17.6 Å². The molecule has 0 atom stereocenters. The maximum atomic E-state index is 12.5. The number of carbonyl (C=O) groups is 2. The van der Waals surface area contributed by atoms with E-state index >= 15 is 0 Å².